The first-order chi connectivity index (χ1) is 12.6. The monoisotopic (exact) mass is 355 g/mol. The van der Waals surface area contributed by atoms with Crippen LogP contribution < -0.4 is 0 Å². The molecule has 1 aliphatic heterocycles. The molecule has 1 atom stereocenters. The van der Waals surface area contributed by atoms with Crippen molar-refractivity contribution in [2.45, 2.75) is 71.1 Å². The molecule has 5 heteroatoms. The van der Waals surface area contributed by atoms with Crippen molar-refractivity contribution in [1.82, 2.24) is 9.97 Å². The van der Waals surface area contributed by atoms with E-state index >= 15 is 0 Å². The summed E-state index contributed by atoms with van der Waals surface area (Å²) in [6.45, 7) is 2.76. The highest BCUT2D eigenvalue weighted by atomic mass is 16.3. The van der Waals surface area contributed by atoms with Gasteiger partial charge < -0.3 is 10.2 Å². The van der Waals surface area contributed by atoms with E-state index in [1.807, 2.05) is 0 Å². The predicted octanol–water partition coefficient (Wildman–Crippen LogP) is 4.65. The molecule has 0 radical (unpaired) electrons. The molecule has 0 amide bonds. The number of allylic oxidation sites excluding steroid dienone is 1. The van der Waals surface area contributed by atoms with Crippen LogP contribution in [0, 0.1) is 11.3 Å². The fourth-order valence-electron chi connectivity index (χ4n) is 5.53. The van der Waals surface area contributed by atoms with Gasteiger partial charge in [0.15, 0.2) is 5.82 Å². The Hall–Kier alpha value is -1.91. The Morgan fingerprint density at radius 2 is 1.69 bits per heavy atom. The maximum absolute atomic E-state index is 9.78. The SMILES string of the molecule is CCCC1=C(c2nc(O)cc(O)n2)CN=C1C1CCCCC12CCCC2. The molecular formula is C21H29N3O2. The van der Waals surface area contributed by atoms with Crippen LogP contribution in [0.1, 0.15) is 77.0 Å². The zero-order valence-electron chi connectivity index (χ0n) is 15.7. The molecular weight excluding hydrogens is 326 g/mol. The quantitative estimate of drug-likeness (QED) is 0.824. The number of aliphatic imine (C=N–C) groups is 1. The molecule has 1 unspecified atom stereocenters. The molecule has 1 aromatic heterocycles. The summed E-state index contributed by atoms with van der Waals surface area (Å²) >= 11 is 0. The topological polar surface area (TPSA) is 78.6 Å². The van der Waals surface area contributed by atoms with E-state index < -0.39 is 0 Å². The summed E-state index contributed by atoms with van der Waals surface area (Å²) in [6, 6.07) is 1.18. The fourth-order valence-corrected chi connectivity index (χ4v) is 5.53. The minimum Gasteiger partial charge on any atom is -0.493 e. The summed E-state index contributed by atoms with van der Waals surface area (Å²) in [7, 11) is 0. The van der Waals surface area contributed by atoms with E-state index in [9.17, 15) is 10.2 Å². The van der Waals surface area contributed by atoms with Crippen LogP contribution in [-0.4, -0.2) is 32.4 Å². The van der Waals surface area contributed by atoms with Gasteiger partial charge in [0.05, 0.1) is 12.6 Å². The van der Waals surface area contributed by atoms with Crippen molar-refractivity contribution < 1.29 is 10.2 Å². The summed E-state index contributed by atoms with van der Waals surface area (Å²) in [5.41, 5.74) is 4.00. The lowest BCUT2D eigenvalue weighted by molar-refractivity contribution is 0.150. The Labute approximate surface area is 155 Å². The Balaban J connectivity index is 1.73. The number of aromatic nitrogens is 2. The highest BCUT2D eigenvalue weighted by Crippen LogP contribution is 2.54. The van der Waals surface area contributed by atoms with Crippen molar-refractivity contribution in [1.29, 1.82) is 0 Å². The minimum absolute atomic E-state index is 0.186. The third-order valence-corrected chi connectivity index (χ3v) is 6.64. The van der Waals surface area contributed by atoms with Gasteiger partial charge in [-0.25, -0.2) is 0 Å². The van der Waals surface area contributed by atoms with E-state index in [4.69, 9.17) is 4.99 Å². The van der Waals surface area contributed by atoms with Crippen molar-refractivity contribution in [3.63, 3.8) is 0 Å². The Morgan fingerprint density at radius 3 is 2.35 bits per heavy atom. The van der Waals surface area contributed by atoms with Gasteiger partial charge in [0.25, 0.3) is 0 Å². The van der Waals surface area contributed by atoms with Gasteiger partial charge in [-0.3, -0.25) is 4.99 Å². The normalized spacial score (nSPS) is 25.1. The van der Waals surface area contributed by atoms with Gasteiger partial charge in [0.1, 0.15) is 0 Å². The lowest BCUT2D eigenvalue weighted by atomic mass is 9.62. The van der Waals surface area contributed by atoms with E-state index in [-0.39, 0.29) is 11.8 Å². The van der Waals surface area contributed by atoms with Crippen molar-refractivity contribution in [3.8, 4) is 11.8 Å². The summed E-state index contributed by atoms with van der Waals surface area (Å²) in [5, 5.41) is 19.6. The molecule has 1 spiro atoms. The van der Waals surface area contributed by atoms with Crippen LogP contribution >= 0.6 is 0 Å². The second kappa shape index (κ2) is 7.01. The lowest BCUT2D eigenvalue weighted by Crippen LogP contribution is -2.37. The number of hydrogen-bond donors (Lipinski definition) is 2. The first-order valence-corrected chi connectivity index (χ1v) is 10.2. The maximum Gasteiger partial charge on any atom is 0.218 e. The van der Waals surface area contributed by atoms with Gasteiger partial charge in [-0.2, -0.15) is 9.97 Å². The molecule has 0 bridgehead atoms. The lowest BCUT2D eigenvalue weighted by Gasteiger charge is -2.42. The van der Waals surface area contributed by atoms with Gasteiger partial charge in [-0.1, -0.05) is 39.0 Å². The van der Waals surface area contributed by atoms with Gasteiger partial charge in [0.2, 0.25) is 11.8 Å². The highest BCUT2D eigenvalue weighted by Gasteiger charge is 2.46. The molecule has 140 valence electrons. The zero-order chi connectivity index (χ0) is 18.1. The first kappa shape index (κ1) is 17.5. The maximum atomic E-state index is 9.78. The number of hydrogen-bond acceptors (Lipinski definition) is 5. The van der Waals surface area contributed by atoms with E-state index in [0.717, 1.165) is 18.4 Å². The van der Waals surface area contributed by atoms with Gasteiger partial charge in [-0.05, 0) is 43.1 Å². The van der Waals surface area contributed by atoms with Gasteiger partial charge >= 0.3 is 0 Å². The van der Waals surface area contributed by atoms with Crippen molar-refractivity contribution in [2.75, 3.05) is 6.54 Å². The Morgan fingerprint density at radius 1 is 1.04 bits per heavy atom. The molecule has 3 aliphatic rings. The average molecular weight is 355 g/mol. The Kier molecular flexibility index (Phi) is 4.72. The fraction of sp³-hybridized carbons (Fsp3) is 0.667. The van der Waals surface area contributed by atoms with Crippen LogP contribution in [0.15, 0.2) is 16.6 Å². The van der Waals surface area contributed by atoms with E-state index in [0.29, 0.717) is 23.7 Å². The number of aromatic hydroxyl groups is 2. The van der Waals surface area contributed by atoms with Crippen LogP contribution in [0.25, 0.3) is 5.57 Å². The molecule has 2 saturated carbocycles. The molecule has 2 heterocycles. The zero-order valence-corrected chi connectivity index (χ0v) is 15.7. The number of rotatable bonds is 4. The molecule has 0 aromatic carbocycles. The highest BCUT2D eigenvalue weighted by molar-refractivity contribution is 6.11. The van der Waals surface area contributed by atoms with Gasteiger partial charge in [0, 0.05) is 17.2 Å². The molecule has 2 fully saturated rings. The smallest absolute Gasteiger partial charge is 0.218 e. The van der Waals surface area contributed by atoms with Gasteiger partial charge in [-0.15, -0.1) is 0 Å². The summed E-state index contributed by atoms with van der Waals surface area (Å²) in [5.74, 6) is 0.619. The second-order valence-corrected chi connectivity index (χ2v) is 8.18. The van der Waals surface area contributed by atoms with Crippen LogP contribution in [-0.2, 0) is 0 Å². The molecule has 4 rings (SSSR count). The molecule has 1 aromatic rings. The van der Waals surface area contributed by atoms with Crippen LogP contribution in [0.5, 0.6) is 11.8 Å². The summed E-state index contributed by atoms with van der Waals surface area (Å²) in [6.07, 6.45) is 12.6. The largest absolute Gasteiger partial charge is 0.493 e. The van der Waals surface area contributed by atoms with Crippen LogP contribution in [0.2, 0.25) is 0 Å². The van der Waals surface area contributed by atoms with Crippen molar-refractivity contribution >= 4 is 11.3 Å². The number of nitrogens with zero attached hydrogens (tertiary/aromatic N) is 3. The van der Waals surface area contributed by atoms with E-state index in [2.05, 4.69) is 16.9 Å². The standard InChI is InChI=1S/C21H29N3O2/c1-2-7-14-15(20-23-17(25)12-18(26)24-20)13-22-19(14)16-8-3-4-9-21(16)10-5-6-11-21/h12,16H,2-11,13H2,1H3,(H2,23,24,25,26). The molecule has 26 heavy (non-hydrogen) atoms. The van der Waals surface area contributed by atoms with E-state index in [1.54, 1.807) is 0 Å². The average Bonchev–Trinajstić information content (AvgIpc) is 3.23. The summed E-state index contributed by atoms with van der Waals surface area (Å²) < 4.78 is 0. The molecule has 2 aliphatic carbocycles. The van der Waals surface area contributed by atoms with Crippen molar-refractivity contribution in [2.24, 2.45) is 16.3 Å². The molecule has 0 saturated heterocycles. The van der Waals surface area contributed by atoms with Crippen LogP contribution in [0.3, 0.4) is 0 Å². The minimum atomic E-state index is -0.186. The molecule has 2 N–H and O–H groups in total. The summed E-state index contributed by atoms with van der Waals surface area (Å²) in [4.78, 5) is 13.3. The third kappa shape index (κ3) is 3.01. The van der Waals surface area contributed by atoms with E-state index in [1.165, 1.54) is 68.7 Å². The second-order valence-electron chi connectivity index (χ2n) is 8.18. The Bertz CT molecular complexity index is 727. The third-order valence-electron chi connectivity index (χ3n) is 6.64. The van der Waals surface area contributed by atoms with Crippen molar-refractivity contribution in [3.05, 3.63) is 17.5 Å². The first-order valence-electron chi connectivity index (χ1n) is 10.2. The van der Waals surface area contributed by atoms with Crippen LogP contribution in [0.4, 0.5) is 0 Å². The predicted molar refractivity (Wildman–Crippen MR) is 102 cm³/mol. The molecule has 5 nitrogen and oxygen atoms in total.